The third kappa shape index (κ3) is 13.8. The summed E-state index contributed by atoms with van der Waals surface area (Å²) in [5, 5.41) is 22.5. The fourth-order valence-corrected chi connectivity index (χ4v) is 15.1. The zero-order valence-electron chi connectivity index (χ0n) is 50.2. The highest BCUT2D eigenvalue weighted by Crippen LogP contribution is 2.55. The molecule has 15 heteroatoms. The minimum atomic E-state index is -1.00. The Kier molecular flexibility index (Phi) is 19.8. The molecule has 13 rings (SSSR count). The normalized spacial score (nSPS) is 23.3. The van der Waals surface area contributed by atoms with Gasteiger partial charge < -0.3 is 20.4 Å². The molecule has 2 unspecified atom stereocenters. The molecule has 1 amide bonds. The van der Waals surface area contributed by atoms with Gasteiger partial charge in [0, 0.05) is 62.2 Å². The minimum absolute atomic E-state index is 0.0000926. The Morgan fingerprint density at radius 1 is 0.552 bits per heavy atom. The molecule has 6 atom stereocenters. The van der Waals surface area contributed by atoms with E-state index in [1.54, 1.807) is 23.6 Å². The molecule has 7 aromatic rings. The number of aliphatic carboxylic acids is 2. The molecule has 6 fully saturated rings. The number of likely N-dealkylation sites (tertiary alicyclic amines) is 3. The van der Waals surface area contributed by atoms with Crippen molar-refractivity contribution in [3.63, 3.8) is 0 Å². The van der Waals surface area contributed by atoms with Crippen LogP contribution in [0.4, 0.5) is 4.39 Å². The summed E-state index contributed by atoms with van der Waals surface area (Å²) in [7, 11) is -1.00. The predicted molar refractivity (Wildman–Crippen MR) is 332 cm³/mol. The number of halogens is 1. The first-order valence-electron chi connectivity index (χ1n) is 31.2. The van der Waals surface area contributed by atoms with Crippen LogP contribution in [0.3, 0.4) is 0 Å². The summed E-state index contributed by atoms with van der Waals surface area (Å²) in [6.07, 6.45) is 13.1. The van der Waals surface area contributed by atoms with E-state index in [1.165, 1.54) is 10.1 Å². The summed E-state index contributed by atoms with van der Waals surface area (Å²) in [6, 6.07) is 58.4. The number of Topliss-reactive ketones (excluding diaryl/α,β-unsaturated/α-hetero) is 2. The molecule has 1 aromatic heterocycles. The van der Waals surface area contributed by atoms with Crippen LogP contribution in [0.15, 0.2) is 201 Å². The van der Waals surface area contributed by atoms with E-state index in [0.717, 1.165) is 99.1 Å². The van der Waals surface area contributed by atoms with E-state index in [1.807, 2.05) is 158 Å². The third-order valence-electron chi connectivity index (χ3n) is 19.5. The standard InChI is InChI=1S/C34H36N2O4.C20H26N2O3.C17H14N2O.CH3F/c37-29-16-17-34(31(29)26-14-8-3-9-15-26)18-20-35(21-19-34)27-22-28(33(39)40)36(23-27)32(38)30(24-10-4-1-5-11-24)25-12-6-2-7-13-25;23-17-6-7-20(18(17)14-4-2-1-3-5-14)8-10-22(11-9-20)15-12-16(19(24)25)21-13-15;20-17(19-12-11-18-13-19)16(14-7-3-1-4-8-14)15-9-5-2-6-10-15;1-2/h1-15,27-28,30-31H,16-23H2,(H,39,40);1-5,15-16,18,21H,6-13H2,(H,24,25);1-13,16H;1H3/t27-,28-,31?;15-,16-,18?;;/m00../s1/i;;;1D. The molecule has 2 saturated carbocycles. The highest BCUT2D eigenvalue weighted by atomic mass is 19.1. The summed E-state index contributed by atoms with van der Waals surface area (Å²) in [4.78, 5) is 86.4. The first-order valence-corrected chi connectivity index (χ1v) is 30.5. The van der Waals surface area contributed by atoms with Gasteiger partial charge in [-0.1, -0.05) is 182 Å². The number of carboxylic acids is 2. The highest BCUT2D eigenvalue weighted by Gasteiger charge is 2.53. The van der Waals surface area contributed by atoms with Crippen LogP contribution in [0.25, 0.3) is 0 Å². The molecule has 4 aliphatic heterocycles. The van der Waals surface area contributed by atoms with Gasteiger partial charge in [0.1, 0.15) is 30.0 Å². The Morgan fingerprint density at radius 2 is 0.943 bits per heavy atom. The smallest absolute Gasteiger partial charge is 0.326 e. The van der Waals surface area contributed by atoms with Gasteiger partial charge in [-0.25, -0.2) is 9.78 Å². The lowest BCUT2D eigenvalue weighted by molar-refractivity contribution is -0.148. The number of nitrogens with one attached hydrogen (secondary N) is 1. The van der Waals surface area contributed by atoms with Crippen LogP contribution in [0.2, 0.25) is 0 Å². The van der Waals surface area contributed by atoms with Gasteiger partial charge in [0.15, 0.2) is 0 Å². The highest BCUT2D eigenvalue weighted by molar-refractivity contribution is 5.92. The maximum Gasteiger partial charge on any atom is 0.326 e. The van der Waals surface area contributed by atoms with Crippen molar-refractivity contribution in [1.82, 2.24) is 29.6 Å². The average molecular weight is 1180 g/mol. The van der Waals surface area contributed by atoms with Gasteiger partial charge in [-0.2, -0.15) is 0 Å². The lowest BCUT2D eigenvalue weighted by Gasteiger charge is -2.44. The van der Waals surface area contributed by atoms with Crippen LogP contribution in [0.5, 0.6) is 0 Å². The Morgan fingerprint density at radius 3 is 1.31 bits per heavy atom. The Labute approximate surface area is 510 Å². The molecule has 6 aromatic carbocycles. The number of carbonyl (C=O) groups is 6. The summed E-state index contributed by atoms with van der Waals surface area (Å²) in [6.45, 7) is 4.72. The van der Waals surface area contributed by atoms with Crippen LogP contribution < -0.4 is 5.32 Å². The van der Waals surface area contributed by atoms with Crippen molar-refractivity contribution in [2.24, 2.45) is 10.8 Å². The maximum atomic E-state index is 14.1. The maximum absolute atomic E-state index is 14.1. The summed E-state index contributed by atoms with van der Waals surface area (Å²) < 4.78 is 17.0. The van der Waals surface area contributed by atoms with Crippen LogP contribution in [0.1, 0.15) is 127 Å². The summed E-state index contributed by atoms with van der Waals surface area (Å²) >= 11 is 0. The molecule has 3 N–H and O–H groups in total. The van der Waals surface area contributed by atoms with Crippen molar-refractivity contribution in [1.29, 1.82) is 0 Å². The van der Waals surface area contributed by atoms with Crippen molar-refractivity contribution in [2.75, 3.05) is 46.4 Å². The van der Waals surface area contributed by atoms with E-state index in [4.69, 9.17) is 6.48 Å². The number of amides is 1. The second-order valence-electron chi connectivity index (χ2n) is 24.2. The predicted octanol–water partition coefficient (Wildman–Crippen LogP) is 11.1. The number of hydrogen-bond acceptors (Lipinski definition) is 10. The van der Waals surface area contributed by atoms with Crippen molar-refractivity contribution >= 4 is 35.3 Å². The van der Waals surface area contributed by atoms with Crippen molar-refractivity contribution in [3.05, 3.63) is 234 Å². The monoisotopic (exact) mass is 1180 g/mol. The molecule has 5 heterocycles. The molecule has 2 aliphatic carbocycles. The van der Waals surface area contributed by atoms with Gasteiger partial charge in [-0.15, -0.1) is 0 Å². The number of piperidine rings is 2. The fourth-order valence-electron chi connectivity index (χ4n) is 15.1. The molecule has 6 aliphatic rings. The third-order valence-corrected chi connectivity index (χ3v) is 19.5. The van der Waals surface area contributed by atoms with Gasteiger partial charge in [-0.3, -0.25) is 42.7 Å². The lowest BCUT2D eigenvalue weighted by Crippen LogP contribution is -2.48. The largest absolute Gasteiger partial charge is 0.480 e. The van der Waals surface area contributed by atoms with Crippen molar-refractivity contribution in [3.8, 4) is 0 Å². The first-order chi connectivity index (χ1) is 42.8. The van der Waals surface area contributed by atoms with Gasteiger partial charge in [0.05, 0.1) is 20.4 Å². The Bertz CT molecular complexity index is 3330. The van der Waals surface area contributed by atoms with E-state index in [2.05, 4.69) is 44.4 Å². The molecule has 0 radical (unpaired) electrons. The number of hydrogen-bond donors (Lipinski definition) is 3. The van der Waals surface area contributed by atoms with E-state index < -0.39 is 37.1 Å². The number of aromatic nitrogens is 2. The second-order valence-corrected chi connectivity index (χ2v) is 24.2. The van der Waals surface area contributed by atoms with Gasteiger partial charge >= 0.3 is 11.9 Å². The zero-order valence-corrected chi connectivity index (χ0v) is 49.2. The molecular formula is C72H79FN6O8. The van der Waals surface area contributed by atoms with Crippen molar-refractivity contribution < 1.29 is 44.7 Å². The van der Waals surface area contributed by atoms with Crippen molar-refractivity contribution in [2.45, 2.75) is 112 Å². The minimum Gasteiger partial charge on any atom is -0.480 e. The molecule has 87 heavy (non-hydrogen) atoms. The quantitative estimate of drug-likeness (QED) is 0.105. The molecule has 452 valence electrons. The number of carboxylic acid groups (broad SMARTS) is 2. The number of benzene rings is 6. The van der Waals surface area contributed by atoms with Crippen LogP contribution in [0, 0.1) is 10.8 Å². The summed E-state index contributed by atoms with van der Waals surface area (Å²) in [5.74, 6) is -1.99. The van der Waals surface area contributed by atoms with Crippen LogP contribution in [-0.4, -0.2) is 140 Å². The fraction of sp³-hybridized carbons (Fsp3) is 0.375. The number of nitrogens with zero attached hydrogens (tertiary/aromatic N) is 5. The Hall–Kier alpha value is -8.24. The van der Waals surface area contributed by atoms with Crippen LogP contribution in [-0.2, 0) is 24.0 Å². The van der Waals surface area contributed by atoms with Crippen LogP contribution >= 0.6 is 0 Å². The molecule has 2 spiro atoms. The van der Waals surface area contributed by atoms with Gasteiger partial charge in [-0.05, 0) is 122 Å². The number of alkyl halides is 1. The zero-order chi connectivity index (χ0) is 61.6. The van der Waals surface area contributed by atoms with E-state index in [0.29, 0.717) is 49.8 Å². The number of imidazole rings is 1. The molecular weight excluding hydrogens is 1100 g/mol. The van der Waals surface area contributed by atoms with E-state index >= 15 is 0 Å². The molecule has 14 nitrogen and oxygen atoms in total. The second kappa shape index (κ2) is 28.5. The molecule has 0 bridgehead atoms. The van der Waals surface area contributed by atoms with E-state index in [-0.39, 0.29) is 46.4 Å². The lowest BCUT2D eigenvalue weighted by atomic mass is 9.68. The van der Waals surface area contributed by atoms with Gasteiger partial charge in [0.2, 0.25) is 11.8 Å². The van der Waals surface area contributed by atoms with E-state index in [9.17, 15) is 38.3 Å². The SMILES string of the molecule is O=C(C(c1ccccc1)c1ccccc1)n1ccnc1.O=C1CCC2(CCN([C@@H]3CN[C@H](C(=O)O)C3)CC2)C1c1ccccc1.O=C1CCC2(CCN([C@H]3C[C@@H](C(=O)O)N(C(=O)C(c4ccccc4)c4ccccc4)C3)CC2)C1c1ccccc1.[2H]CF. The number of carbonyl (C=O) groups excluding carboxylic acids is 4. The summed E-state index contributed by atoms with van der Waals surface area (Å²) in [5.41, 5.74) is 6.07. The Balaban J connectivity index is 0.000000152. The topological polar surface area (TPSA) is 182 Å². The molecule has 4 saturated heterocycles. The van der Waals surface area contributed by atoms with Gasteiger partial charge in [0.25, 0.3) is 0 Å². The first kappa shape index (κ1) is 60.4. The average Bonchev–Trinajstić information content (AvgIpc) is 2.56. The number of rotatable bonds is 12. The number of ketones is 2.